The Hall–Kier alpha value is -2.81. The monoisotopic (exact) mass is 411 g/mol. The molecular formula is C16H12BrF2N3O3. The number of rotatable bonds is 6. The molecule has 2 rings (SSSR count). The van der Waals surface area contributed by atoms with Crippen LogP contribution >= 0.6 is 15.9 Å². The predicted molar refractivity (Wildman–Crippen MR) is 92.2 cm³/mol. The molecule has 0 bridgehead atoms. The standard InChI is InChI=1S/C16H12BrF2N3O3/c17-10-1-4-12(5-2-10)21-16(24)9-25-20-8-15(23)22-14-6-3-11(18)7-13(14)19/h1-8H,9H2,(H,21,24)(H,22,23)/b20-8+. The van der Waals surface area contributed by atoms with Gasteiger partial charge in [-0.1, -0.05) is 21.1 Å². The van der Waals surface area contributed by atoms with Crippen LogP contribution in [0.4, 0.5) is 20.2 Å². The highest BCUT2D eigenvalue weighted by molar-refractivity contribution is 9.10. The number of hydrogen-bond donors (Lipinski definition) is 2. The largest absolute Gasteiger partial charge is 0.385 e. The molecule has 0 radical (unpaired) electrons. The molecule has 0 aliphatic rings. The molecule has 0 aromatic heterocycles. The van der Waals surface area contributed by atoms with Gasteiger partial charge < -0.3 is 15.5 Å². The van der Waals surface area contributed by atoms with Crippen LogP contribution in [-0.4, -0.2) is 24.6 Å². The number of benzene rings is 2. The highest BCUT2D eigenvalue weighted by Gasteiger charge is 2.07. The van der Waals surface area contributed by atoms with Crippen LogP contribution in [-0.2, 0) is 14.4 Å². The van der Waals surface area contributed by atoms with E-state index in [1.54, 1.807) is 24.3 Å². The van der Waals surface area contributed by atoms with Gasteiger partial charge in [0.2, 0.25) is 0 Å². The van der Waals surface area contributed by atoms with E-state index in [1.807, 2.05) is 0 Å². The summed E-state index contributed by atoms with van der Waals surface area (Å²) >= 11 is 3.27. The normalized spacial score (nSPS) is 10.5. The average Bonchev–Trinajstić information content (AvgIpc) is 2.56. The van der Waals surface area contributed by atoms with Gasteiger partial charge in [0.25, 0.3) is 11.8 Å². The molecule has 0 aliphatic carbocycles. The number of nitrogens with zero attached hydrogens (tertiary/aromatic N) is 1. The van der Waals surface area contributed by atoms with Gasteiger partial charge in [-0.2, -0.15) is 0 Å². The molecule has 0 saturated heterocycles. The zero-order chi connectivity index (χ0) is 18.2. The van der Waals surface area contributed by atoms with E-state index in [-0.39, 0.29) is 5.69 Å². The third-order valence-corrected chi connectivity index (χ3v) is 3.29. The summed E-state index contributed by atoms with van der Waals surface area (Å²) in [6.07, 6.45) is 0.732. The Kier molecular flexibility index (Phi) is 6.58. The maximum atomic E-state index is 13.4. The van der Waals surface area contributed by atoms with E-state index in [1.165, 1.54) is 0 Å². The molecule has 0 saturated carbocycles. The first kappa shape index (κ1) is 18.5. The molecule has 2 N–H and O–H groups in total. The van der Waals surface area contributed by atoms with Crippen LogP contribution in [0, 0.1) is 11.6 Å². The van der Waals surface area contributed by atoms with Crippen LogP contribution in [0.15, 0.2) is 52.1 Å². The van der Waals surface area contributed by atoms with E-state index in [0.717, 1.165) is 22.8 Å². The Bertz CT molecular complexity index is 798. The molecule has 2 aromatic rings. The number of amides is 2. The van der Waals surface area contributed by atoms with Gasteiger partial charge in [0, 0.05) is 16.2 Å². The summed E-state index contributed by atoms with van der Waals surface area (Å²) < 4.78 is 27.0. The van der Waals surface area contributed by atoms with Crippen molar-refractivity contribution in [2.75, 3.05) is 17.2 Å². The van der Waals surface area contributed by atoms with Crippen molar-refractivity contribution in [1.82, 2.24) is 0 Å². The van der Waals surface area contributed by atoms with Gasteiger partial charge in [-0.15, -0.1) is 0 Å². The number of nitrogens with one attached hydrogen (secondary N) is 2. The fourth-order valence-electron chi connectivity index (χ4n) is 1.67. The average molecular weight is 412 g/mol. The van der Waals surface area contributed by atoms with Crippen molar-refractivity contribution in [2.45, 2.75) is 0 Å². The fourth-order valence-corrected chi connectivity index (χ4v) is 1.93. The van der Waals surface area contributed by atoms with Gasteiger partial charge in [0.15, 0.2) is 6.61 Å². The molecule has 2 amide bonds. The minimum atomic E-state index is -0.920. The Morgan fingerprint density at radius 1 is 1.12 bits per heavy atom. The first-order chi connectivity index (χ1) is 11.9. The van der Waals surface area contributed by atoms with Crippen molar-refractivity contribution in [3.63, 3.8) is 0 Å². The lowest BCUT2D eigenvalue weighted by Gasteiger charge is -2.04. The Balaban J connectivity index is 1.75. The number of halogens is 3. The summed E-state index contributed by atoms with van der Waals surface area (Å²) in [5.41, 5.74) is 0.371. The van der Waals surface area contributed by atoms with Crippen LogP contribution in [0.25, 0.3) is 0 Å². The maximum Gasteiger partial charge on any atom is 0.270 e. The second-order valence-corrected chi connectivity index (χ2v) is 5.59. The summed E-state index contributed by atoms with van der Waals surface area (Å²) in [5, 5.41) is 8.03. The molecule has 25 heavy (non-hydrogen) atoms. The van der Waals surface area contributed by atoms with Crippen LogP contribution in [0.1, 0.15) is 0 Å². The minimum absolute atomic E-state index is 0.203. The summed E-state index contributed by atoms with van der Waals surface area (Å²) in [6.45, 7) is -0.412. The molecule has 0 unspecified atom stereocenters. The van der Waals surface area contributed by atoms with Crippen molar-refractivity contribution in [1.29, 1.82) is 0 Å². The molecule has 2 aromatic carbocycles. The molecule has 0 aliphatic heterocycles. The van der Waals surface area contributed by atoms with E-state index in [0.29, 0.717) is 11.8 Å². The second-order valence-electron chi connectivity index (χ2n) is 4.68. The lowest BCUT2D eigenvalue weighted by Crippen LogP contribution is -2.18. The number of carbonyl (C=O) groups is 2. The highest BCUT2D eigenvalue weighted by atomic mass is 79.9. The molecule has 0 spiro atoms. The molecule has 0 atom stereocenters. The number of oxime groups is 1. The molecular weight excluding hydrogens is 400 g/mol. The predicted octanol–water partition coefficient (Wildman–Crippen LogP) is 3.31. The molecule has 9 heteroatoms. The Morgan fingerprint density at radius 2 is 1.84 bits per heavy atom. The molecule has 0 heterocycles. The molecule has 0 fully saturated rings. The first-order valence-electron chi connectivity index (χ1n) is 6.91. The third-order valence-electron chi connectivity index (χ3n) is 2.76. The van der Waals surface area contributed by atoms with Crippen molar-refractivity contribution in [3.8, 4) is 0 Å². The Labute approximate surface area is 150 Å². The zero-order valence-electron chi connectivity index (χ0n) is 12.6. The summed E-state index contributed by atoms with van der Waals surface area (Å²) in [7, 11) is 0. The second kappa shape index (κ2) is 8.88. The minimum Gasteiger partial charge on any atom is -0.385 e. The first-order valence-corrected chi connectivity index (χ1v) is 7.70. The van der Waals surface area contributed by atoms with Crippen LogP contribution < -0.4 is 10.6 Å². The number of anilines is 2. The number of carbonyl (C=O) groups excluding carboxylic acids is 2. The summed E-state index contributed by atoms with van der Waals surface area (Å²) in [5.74, 6) is -2.94. The van der Waals surface area contributed by atoms with Crippen molar-refractivity contribution in [2.24, 2.45) is 5.16 Å². The van der Waals surface area contributed by atoms with E-state index in [2.05, 4.69) is 36.6 Å². The maximum absolute atomic E-state index is 13.4. The van der Waals surface area contributed by atoms with Gasteiger partial charge in [0.1, 0.15) is 17.8 Å². The van der Waals surface area contributed by atoms with E-state index in [4.69, 9.17) is 0 Å². The lowest BCUT2D eigenvalue weighted by molar-refractivity contribution is -0.120. The van der Waals surface area contributed by atoms with Crippen molar-refractivity contribution in [3.05, 3.63) is 58.6 Å². The van der Waals surface area contributed by atoms with Crippen LogP contribution in [0.2, 0.25) is 0 Å². The van der Waals surface area contributed by atoms with E-state index < -0.39 is 30.1 Å². The fraction of sp³-hybridized carbons (Fsp3) is 0.0625. The van der Waals surface area contributed by atoms with Crippen molar-refractivity contribution < 1.29 is 23.2 Å². The topological polar surface area (TPSA) is 79.8 Å². The van der Waals surface area contributed by atoms with Gasteiger partial charge >= 0.3 is 0 Å². The smallest absolute Gasteiger partial charge is 0.270 e. The highest BCUT2D eigenvalue weighted by Crippen LogP contribution is 2.15. The van der Waals surface area contributed by atoms with Crippen LogP contribution in [0.5, 0.6) is 0 Å². The lowest BCUT2D eigenvalue weighted by atomic mass is 10.3. The third kappa shape index (κ3) is 6.30. The summed E-state index contributed by atoms with van der Waals surface area (Å²) in [6, 6.07) is 9.60. The van der Waals surface area contributed by atoms with Gasteiger partial charge in [-0.05, 0) is 36.4 Å². The Morgan fingerprint density at radius 3 is 2.52 bits per heavy atom. The molecule has 130 valence electrons. The van der Waals surface area contributed by atoms with E-state index in [9.17, 15) is 18.4 Å². The SMILES string of the molecule is O=C(/C=N/OCC(=O)Nc1ccc(Br)cc1)Nc1ccc(F)cc1F. The van der Waals surface area contributed by atoms with Crippen molar-refractivity contribution >= 4 is 45.3 Å². The molecule has 6 nitrogen and oxygen atoms in total. The van der Waals surface area contributed by atoms with Gasteiger partial charge in [0.05, 0.1) is 5.69 Å². The zero-order valence-corrected chi connectivity index (χ0v) is 14.2. The quantitative estimate of drug-likeness (QED) is 0.565. The van der Waals surface area contributed by atoms with E-state index >= 15 is 0 Å². The number of hydrogen-bond acceptors (Lipinski definition) is 4. The van der Waals surface area contributed by atoms with Crippen LogP contribution in [0.3, 0.4) is 0 Å². The van der Waals surface area contributed by atoms with Gasteiger partial charge in [-0.3, -0.25) is 9.59 Å². The summed E-state index contributed by atoms with van der Waals surface area (Å²) in [4.78, 5) is 27.8. The van der Waals surface area contributed by atoms with Gasteiger partial charge in [-0.25, -0.2) is 8.78 Å².